The van der Waals surface area contributed by atoms with Crippen molar-refractivity contribution in [1.29, 1.82) is 0 Å². The fourth-order valence-corrected chi connectivity index (χ4v) is 5.13. The first-order chi connectivity index (χ1) is 23.4. The number of methoxy groups -OCH3 is 3. The van der Waals surface area contributed by atoms with Gasteiger partial charge in [0.15, 0.2) is 35.4 Å². The third kappa shape index (κ3) is 8.99. The van der Waals surface area contributed by atoms with Crippen LogP contribution in [0.25, 0.3) is 12.2 Å². The van der Waals surface area contributed by atoms with Gasteiger partial charge in [0.2, 0.25) is 12.0 Å². The van der Waals surface area contributed by atoms with Crippen molar-refractivity contribution in [2.45, 2.75) is 68.3 Å². The van der Waals surface area contributed by atoms with Crippen LogP contribution in [-0.2, 0) is 23.7 Å². The van der Waals surface area contributed by atoms with Crippen molar-refractivity contribution in [3.05, 3.63) is 53.6 Å². The zero-order valence-corrected chi connectivity index (χ0v) is 27.2. The van der Waals surface area contributed by atoms with Crippen LogP contribution in [0.15, 0.2) is 42.5 Å². The summed E-state index contributed by atoms with van der Waals surface area (Å²) < 4.78 is 44.3. The van der Waals surface area contributed by atoms with E-state index in [0.717, 1.165) is 0 Å². The maximum absolute atomic E-state index is 12.2. The van der Waals surface area contributed by atoms with Gasteiger partial charge in [-0.2, -0.15) is 0 Å². The summed E-state index contributed by atoms with van der Waals surface area (Å²) in [6.45, 7) is 0.667. The van der Waals surface area contributed by atoms with E-state index in [4.69, 9.17) is 37.9 Å². The second-order valence-electron chi connectivity index (χ2n) is 11.2. The van der Waals surface area contributed by atoms with Crippen molar-refractivity contribution in [3.8, 4) is 28.7 Å². The van der Waals surface area contributed by atoms with Crippen molar-refractivity contribution >= 4 is 18.1 Å². The van der Waals surface area contributed by atoms with Gasteiger partial charge >= 0.3 is 5.97 Å². The topological polar surface area (TPSA) is 233 Å². The number of rotatable bonds is 13. The standard InChI is InChI=1S/C33H42O16/c1-16-25(37)27(39)29(41)32(46-16)49-31-28(40)26(38)23(15-34)47-33(31)48-30-21(43-3)13-18(14-22(30)44-4)6-5-11-45-24(36)10-8-17-7-9-19(35)20(12-17)42-2/h5-10,12-14,16,23,25-29,31-35,37-41H,11,15H2,1-4H3/t16-,23+,25-,26+,27+,28-,29+,31+,32-,33-/m0/s1. The third-order valence-corrected chi connectivity index (χ3v) is 7.89. The van der Waals surface area contributed by atoms with Crippen LogP contribution < -0.4 is 18.9 Å². The van der Waals surface area contributed by atoms with E-state index < -0.39 is 74.0 Å². The third-order valence-electron chi connectivity index (χ3n) is 7.89. The van der Waals surface area contributed by atoms with E-state index in [1.165, 1.54) is 46.5 Å². The molecule has 4 rings (SSSR count). The van der Waals surface area contributed by atoms with Crippen molar-refractivity contribution in [1.82, 2.24) is 0 Å². The second kappa shape index (κ2) is 17.1. The van der Waals surface area contributed by atoms with Gasteiger partial charge in [0.05, 0.1) is 34.0 Å². The molecule has 2 heterocycles. The Labute approximate surface area is 281 Å². The SMILES string of the molecule is COc1cc(C=CC(=O)OCC=Cc2cc(OC)c(O[C@@H]3O[C@H](CO)[C@@H](O)[C@H](O)[C@H]3O[C@@H]3O[C@@H](C)[C@H](O)[C@@H](O)[C@H]3O)c(OC)c2)ccc1O. The highest BCUT2D eigenvalue weighted by Gasteiger charge is 2.51. The van der Waals surface area contributed by atoms with Crippen molar-refractivity contribution in [3.63, 3.8) is 0 Å². The van der Waals surface area contributed by atoms with Crippen LogP contribution >= 0.6 is 0 Å². The summed E-state index contributed by atoms with van der Waals surface area (Å²) in [5, 5.41) is 71.7. The van der Waals surface area contributed by atoms with Gasteiger partial charge in [-0.15, -0.1) is 0 Å². The van der Waals surface area contributed by atoms with Gasteiger partial charge in [-0.25, -0.2) is 4.79 Å². The minimum absolute atomic E-state index is 0.0163. The maximum atomic E-state index is 12.2. The van der Waals surface area contributed by atoms with Crippen LogP contribution in [0, 0.1) is 0 Å². The highest BCUT2D eigenvalue weighted by molar-refractivity contribution is 5.87. The highest BCUT2D eigenvalue weighted by Crippen LogP contribution is 2.41. The molecule has 0 bridgehead atoms. The molecule has 7 N–H and O–H groups in total. The second-order valence-corrected chi connectivity index (χ2v) is 11.2. The van der Waals surface area contributed by atoms with E-state index in [0.29, 0.717) is 11.1 Å². The van der Waals surface area contributed by atoms with Gasteiger partial charge in [-0.05, 0) is 54.5 Å². The first-order valence-corrected chi connectivity index (χ1v) is 15.2. The van der Waals surface area contributed by atoms with Crippen molar-refractivity contribution in [2.24, 2.45) is 0 Å². The number of hydrogen-bond acceptors (Lipinski definition) is 16. The molecular weight excluding hydrogens is 652 g/mol. The molecule has 16 heteroatoms. The minimum atomic E-state index is -1.74. The molecule has 2 aromatic rings. The van der Waals surface area contributed by atoms with Crippen LogP contribution in [0.5, 0.6) is 28.7 Å². The van der Waals surface area contributed by atoms with E-state index in [1.54, 1.807) is 36.4 Å². The molecule has 0 amide bonds. The number of carbonyl (C=O) groups is 1. The Kier molecular flexibility index (Phi) is 13.2. The van der Waals surface area contributed by atoms with Crippen LogP contribution in [0.1, 0.15) is 18.1 Å². The van der Waals surface area contributed by atoms with Gasteiger partial charge in [-0.3, -0.25) is 0 Å². The summed E-state index contributed by atoms with van der Waals surface area (Å²) in [4.78, 5) is 12.2. The van der Waals surface area contributed by atoms with Gasteiger partial charge in [0.25, 0.3) is 0 Å². The molecule has 2 fully saturated rings. The molecule has 2 aliphatic rings. The van der Waals surface area contributed by atoms with Crippen molar-refractivity contribution < 1.29 is 78.4 Å². The quantitative estimate of drug-likeness (QED) is 0.106. The van der Waals surface area contributed by atoms with Gasteiger partial charge in [-0.1, -0.05) is 12.1 Å². The molecule has 2 saturated heterocycles. The predicted octanol–water partition coefficient (Wildman–Crippen LogP) is -0.282. The molecule has 0 aliphatic carbocycles. The average Bonchev–Trinajstić information content (AvgIpc) is 3.10. The first kappa shape index (κ1) is 37.8. The Morgan fingerprint density at radius 1 is 0.796 bits per heavy atom. The zero-order valence-electron chi connectivity index (χ0n) is 27.2. The number of hydrogen-bond donors (Lipinski definition) is 7. The first-order valence-electron chi connectivity index (χ1n) is 15.2. The number of benzene rings is 2. The monoisotopic (exact) mass is 694 g/mol. The van der Waals surface area contributed by atoms with Crippen molar-refractivity contribution in [2.75, 3.05) is 34.5 Å². The van der Waals surface area contributed by atoms with Gasteiger partial charge in [0.1, 0.15) is 43.2 Å². The fourth-order valence-electron chi connectivity index (χ4n) is 5.13. The zero-order chi connectivity index (χ0) is 35.8. The lowest BCUT2D eigenvalue weighted by atomic mass is 9.97. The smallest absolute Gasteiger partial charge is 0.331 e. The highest BCUT2D eigenvalue weighted by atomic mass is 16.8. The molecule has 16 nitrogen and oxygen atoms in total. The fraction of sp³-hybridized carbons (Fsp3) is 0.485. The summed E-state index contributed by atoms with van der Waals surface area (Å²) >= 11 is 0. The number of phenolic OH excluding ortho intramolecular Hbond substituents is 1. The number of esters is 1. The minimum Gasteiger partial charge on any atom is -0.504 e. The Morgan fingerprint density at radius 3 is 2.08 bits per heavy atom. The average molecular weight is 695 g/mol. The van der Waals surface area contributed by atoms with Gasteiger partial charge < -0.3 is 73.6 Å². The maximum Gasteiger partial charge on any atom is 0.331 e. The van der Waals surface area contributed by atoms with Crippen LogP contribution in [-0.4, -0.2) is 138 Å². The number of carbonyl (C=O) groups excluding carboxylic acids is 1. The predicted molar refractivity (Wildman–Crippen MR) is 169 cm³/mol. The molecule has 2 aromatic carbocycles. The van der Waals surface area contributed by atoms with Crippen LogP contribution in [0.4, 0.5) is 0 Å². The molecular formula is C33H42O16. The summed E-state index contributed by atoms with van der Waals surface area (Å²) in [7, 11) is 4.13. The van der Waals surface area contributed by atoms with E-state index in [1.807, 2.05) is 0 Å². The molecule has 270 valence electrons. The summed E-state index contributed by atoms with van der Waals surface area (Å²) in [6.07, 6.45) is -9.15. The molecule has 2 aliphatic heterocycles. The molecule has 0 saturated carbocycles. The molecule has 0 spiro atoms. The number of aliphatic hydroxyl groups is 6. The lowest BCUT2D eigenvalue weighted by Crippen LogP contribution is -2.64. The lowest BCUT2D eigenvalue weighted by molar-refractivity contribution is -0.354. The number of ether oxygens (including phenoxy) is 8. The number of aliphatic hydroxyl groups excluding tert-OH is 6. The number of aromatic hydroxyl groups is 1. The van der Waals surface area contributed by atoms with Crippen LogP contribution in [0.3, 0.4) is 0 Å². The molecule has 0 aromatic heterocycles. The Balaban J connectivity index is 1.48. The van der Waals surface area contributed by atoms with Crippen LogP contribution in [0.2, 0.25) is 0 Å². The summed E-state index contributed by atoms with van der Waals surface area (Å²) in [5.74, 6) is -0.131. The normalized spacial score (nSPS) is 30.3. The Morgan fingerprint density at radius 2 is 1.45 bits per heavy atom. The van der Waals surface area contributed by atoms with E-state index in [2.05, 4.69) is 0 Å². The number of phenols is 1. The largest absolute Gasteiger partial charge is 0.504 e. The lowest BCUT2D eigenvalue weighted by Gasteiger charge is -2.45. The molecule has 49 heavy (non-hydrogen) atoms. The Bertz CT molecular complexity index is 1440. The van der Waals surface area contributed by atoms with E-state index in [9.17, 15) is 40.5 Å². The van der Waals surface area contributed by atoms with E-state index >= 15 is 0 Å². The van der Waals surface area contributed by atoms with E-state index in [-0.39, 0.29) is 35.4 Å². The molecule has 0 unspecified atom stereocenters. The molecule has 10 atom stereocenters. The molecule has 0 radical (unpaired) electrons. The summed E-state index contributed by atoms with van der Waals surface area (Å²) in [6, 6.07) is 7.73. The summed E-state index contributed by atoms with van der Waals surface area (Å²) in [5.41, 5.74) is 1.16. The van der Waals surface area contributed by atoms with Gasteiger partial charge in [0, 0.05) is 6.08 Å². The Hall–Kier alpha value is -3.97.